The molecule has 0 unspecified atom stereocenters. The zero-order valence-electron chi connectivity index (χ0n) is 19.3. The van der Waals surface area contributed by atoms with Crippen molar-refractivity contribution in [2.24, 2.45) is 52.3 Å². The molecular formula is C26H46O3. The van der Waals surface area contributed by atoms with Crippen molar-refractivity contribution in [3.8, 4) is 0 Å². The average molecular weight is 407 g/mol. The van der Waals surface area contributed by atoms with Crippen LogP contribution in [0.2, 0.25) is 0 Å². The van der Waals surface area contributed by atoms with Gasteiger partial charge in [-0.3, -0.25) is 0 Å². The van der Waals surface area contributed by atoms with Crippen LogP contribution in [0, 0.1) is 52.3 Å². The monoisotopic (exact) mass is 406 g/mol. The Labute approximate surface area is 178 Å². The van der Waals surface area contributed by atoms with E-state index in [9.17, 15) is 15.3 Å². The quantitative estimate of drug-likeness (QED) is 0.601. The molecule has 3 N–H and O–H groups in total. The predicted molar refractivity (Wildman–Crippen MR) is 117 cm³/mol. The summed E-state index contributed by atoms with van der Waals surface area (Å²) in [7, 11) is 0. The van der Waals surface area contributed by atoms with Gasteiger partial charge in [-0.25, -0.2) is 0 Å². The second kappa shape index (κ2) is 8.10. The fourth-order valence-electron chi connectivity index (χ4n) is 9.55. The summed E-state index contributed by atoms with van der Waals surface area (Å²) < 4.78 is 0. The topological polar surface area (TPSA) is 60.7 Å². The molecule has 29 heavy (non-hydrogen) atoms. The lowest BCUT2D eigenvalue weighted by molar-refractivity contribution is -0.203. The number of hydrogen-bond donors (Lipinski definition) is 3. The molecule has 0 spiro atoms. The molecule has 0 amide bonds. The Hall–Kier alpha value is -0.120. The maximum Gasteiger partial charge on any atom is 0.0605 e. The van der Waals surface area contributed by atoms with Crippen molar-refractivity contribution in [2.45, 2.75) is 104 Å². The molecule has 3 nitrogen and oxygen atoms in total. The van der Waals surface area contributed by atoms with E-state index in [1.165, 1.54) is 25.7 Å². The molecule has 4 saturated carbocycles. The predicted octanol–water partition coefficient (Wildman–Crippen LogP) is 5.02. The third kappa shape index (κ3) is 3.33. The van der Waals surface area contributed by atoms with Crippen LogP contribution in [-0.4, -0.2) is 34.1 Å². The van der Waals surface area contributed by atoms with Gasteiger partial charge in [-0.2, -0.15) is 0 Å². The second-order valence-electron chi connectivity index (χ2n) is 12.0. The van der Waals surface area contributed by atoms with Gasteiger partial charge in [-0.1, -0.05) is 34.1 Å². The number of hydrogen-bond acceptors (Lipinski definition) is 3. The van der Waals surface area contributed by atoms with E-state index in [1.54, 1.807) is 0 Å². The van der Waals surface area contributed by atoms with E-state index in [0.717, 1.165) is 44.4 Å². The Morgan fingerprint density at radius 2 is 1.62 bits per heavy atom. The fraction of sp³-hybridized carbons (Fsp3) is 1.00. The molecule has 4 fully saturated rings. The van der Waals surface area contributed by atoms with Gasteiger partial charge in [0.2, 0.25) is 0 Å². The number of aliphatic hydroxyl groups excluding tert-OH is 3. The van der Waals surface area contributed by atoms with Gasteiger partial charge in [-0.05, 0) is 110 Å². The minimum absolute atomic E-state index is 0.164. The highest BCUT2D eigenvalue weighted by Crippen LogP contribution is 2.69. The molecule has 168 valence electrons. The van der Waals surface area contributed by atoms with E-state index in [1.807, 2.05) is 0 Å². The van der Waals surface area contributed by atoms with Gasteiger partial charge < -0.3 is 15.3 Å². The molecule has 4 rings (SSSR count). The molecule has 4 aliphatic rings. The third-order valence-corrected chi connectivity index (χ3v) is 11.0. The first-order valence-corrected chi connectivity index (χ1v) is 12.7. The summed E-state index contributed by atoms with van der Waals surface area (Å²) in [6.45, 7) is 10.0. The molecule has 0 aromatic rings. The fourth-order valence-corrected chi connectivity index (χ4v) is 9.55. The largest absolute Gasteiger partial charge is 0.396 e. The zero-order chi connectivity index (χ0) is 21.0. The molecule has 3 heteroatoms. The van der Waals surface area contributed by atoms with Crippen molar-refractivity contribution in [1.82, 2.24) is 0 Å². The third-order valence-electron chi connectivity index (χ3n) is 11.0. The highest BCUT2D eigenvalue weighted by atomic mass is 16.3. The molecule has 0 aromatic carbocycles. The van der Waals surface area contributed by atoms with Crippen LogP contribution in [-0.2, 0) is 0 Å². The van der Waals surface area contributed by atoms with Gasteiger partial charge in [0, 0.05) is 6.61 Å². The van der Waals surface area contributed by atoms with Crippen molar-refractivity contribution < 1.29 is 15.3 Å². The van der Waals surface area contributed by atoms with Crippen LogP contribution >= 0.6 is 0 Å². The van der Waals surface area contributed by atoms with Crippen LogP contribution in [0.3, 0.4) is 0 Å². The Kier molecular flexibility index (Phi) is 6.17. The van der Waals surface area contributed by atoms with E-state index >= 15 is 0 Å². The van der Waals surface area contributed by atoms with Gasteiger partial charge >= 0.3 is 0 Å². The smallest absolute Gasteiger partial charge is 0.0605 e. The van der Waals surface area contributed by atoms with Crippen molar-refractivity contribution in [2.75, 3.05) is 6.61 Å². The van der Waals surface area contributed by atoms with Gasteiger partial charge in [0.25, 0.3) is 0 Å². The molecule has 0 saturated heterocycles. The molecule has 0 radical (unpaired) electrons. The summed E-state index contributed by atoms with van der Waals surface area (Å²) in [4.78, 5) is 0. The average Bonchev–Trinajstić information content (AvgIpc) is 3.05. The normalized spacial score (nSPS) is 53.1. The lowest BCUT2D eigenvalue weighted by atomic mass is 9.41. The lowest BCUT2D eigenvalue weighted by Crippen LogP contribution is -2.62. The van der Waals surface area contributed by atoms with E-state index in [-0.39, 0.29) is 12.2 Å². The number of aliphatic hydroxyl groups is 3. The minimum atomic E-state index is -0.190. The number of rotatable bonds is 5. The summed E-state index contributed by atoms with van der Waals surface area (Å²) in [5.41, 5.74) is 0.651. The highest BCUT2D eigenvalue weighted by molar-refractivity contribution is 5.13. The Morgan fingerprint density at radius 3 is 2.31 bits per heavy atom. The molecular weight excluding hydrogens is 360 g/mol. The van der Waals surface area contributed by atoms with Crippen LogP contribution < -0.4 is 0 Å². The molecule has 0 heterocycles. The van der Waals surface area contributed by atoms with Gasteiger partial charge in [-0.15, -0.1) is 0 Å². The molecule has 0 aromatic heterocycles. The first-order chi connectivity index (χ1) is 13.8. The van der Waals surface area contributed by atoms with E-state index in [0.29, 0.717) is 52.9 Å². The Bertz CT molecular complexity index is 578. The van der Waals surface area contributed by atoms with Gasteiger partial charge in [0.15, 0.2) is 0 Å². The lowest BCUT2D eigenvalue weighted by Gasteiger charge is -2.64. The van der Waals surface area contributed by atoms with Gasteiger partial charge in [0.05, 0.1) is 12.2 Å². The van der Waals surface area contributed by atoms with E-state index in [2.05, 4.69) is 27.7 Å². The number of fused-ring (bicyclic) bond motifs is 5. The highest BCUT2D eigenvalue weighted by Gasteiger charge is 2.64. The summed E-state index contributed by atoms with van der Waals surface area (Å²) in [5, 5.41) is 31.4. The summed E-state index contributed by atoms with van der Waals surface area (Å²) in [6.07, 6.45) is 10.9. The maximum absolute atomic E-state index is 11.7. The molecule has 11 atom stereocenters. The standard InChI is InChI=1S/C26H46O3/c1-5-18-22-15-17(28)10-12-26(22,4)21-11-13-25(3)19(16(2)7-6-14-27)8-9-20(25)23(21)24(18)29/h16-24,27-29H,5-15H2,1-4H3/t16-,17-,18+,19-,20+,21+,22+,23+,24+,25-,26-/m0/s1. The molecule has 4 aliphatic carbocycles. The van der Waals surface area contributed by atoms with Crippen LogP contribution in [0.25, 0.3) is 0 Å². The van der Waals surface area contributed by atoms with Crippen LogP contribution in [0.1, 0.15) is 91.9 Å². The SMILES string of the molecule is CC[C@H]1[C@@H](O)[C@H]2[C@@H](CC[C@]3(C)[C@@H]2CC[C@H]3[C@@H](C)CCCO)[C@]2(C)CC[C@H](O)C[C@H]12. The summed E-state index contributed by atoms with van der Waals surface area (Å²) in [6, 6.07) is 0. The van der Waals surface area contributed by atoms with Crippen molar-refractivity contribution in [3.63, 3.8) is 0 Å². The first-order valence-electron chi connectivity index (χ1n) is 12.7. The minimum Gasteiger partial charge on any atom is -0.396 e. The summed E-state index contributed by atoms with van der Waals surface area (Å²) >= 11 is 0. The van der Waals surface area contributed by atoms with Crippen LogP contribution in [0.5, 0.6) is 0 Å². The van der Waals surface area contributed by atoms with Crippen LogP contribution in [0.4, 0.5) is 0 Å². The Morgan fingerprint density at radius 1 is 0.931 bits per heavy atom. The second-order valence-corrected chi connectivity index (χ2v) is 12.0. The first kappa shape index (κ1) is 22.1. The molecule has 0 aliphatic heterocycles. The van der Waals surface area contributed by atoms with Crippen LogP contribution in [0.15, 0.2) is 0 Å². The molecule has 0 bridgehead atoms. The van der Waals surface area contributed by atoms with Gasteiger partial charge in [0.1, 0.15) is 0 Å². The van der Waals surface area contributed by atoms with Crippen molar-refractivity contribution in [1.29, 1.82) is 0 Å². The van der Waals surface area contributed by atoms with E-state index in [4.69, 9.17) is 0 Å². The maximum atomic E-state index is 11.7. The summed E-state index contributed by atoms with van der Waals surface area (Å²) in [5.74, 6) is 3.97. The van der Waals surface area contributed by atoms with Crippen molar-refractivity contribution >= 4 is 0 Å². The Balaban J connectivity index is 1.63. The van der Waals surface area contributed by atoms with Crippen molar-refractivity contribution in [3.05, 3.63) is 0 Å². The van der Waals surface area contributed by atoms with E-state index < -0.39 is 0 Å². The zero-order valence-corrected chi connectivity index (χ0v) is 19.3.